The van der Waals surface area contributed by atoms with E-state index in [1.165, 1.54) is 32.9 Å². The van der Waals surface area contributed by atoms with Gasteiger partial charge in [0.2, 0.25) is 0 Å². The maximum atomic E-state index is 5.64. The van der Waals surface area contributed by atoms with Crippen LogP contribution in [0.5, 0.6) is 11.5 Å². The highest BCUT2D eigenvalue weighted by Gasteiger charge is 2.06. The van der Waals surface area contributed by atoms with E-state index in [2.05, 4.69) is 57.3 Å². The van der Waals surface area contributed by atoms with E-state index in [-0.39, 0.29) is 0 Å². The molecule has 4 aromatic rings. The van der Waals surface area contributed by atoms with Crippen LogP contribution in [0.2, 0.25) is 0 Å². The van der Waals surface area contributed by atoms with Crippen LogP contribution in [0.1, 0.15) is 31.4 Å². The summed E-state index contributed by atoms with van der Waals surface area (Å²) in [4.78, 5) is 6.72. The molecule has 176 valence electrons. The number of aromatic nitrogens is 2. The predicted molar refractivity (Wildman–Crippen MR) is 137 cm³/mol. The molecule has 0 aliphatic rings. The number of fused-ring (bicyclic) bond motifs is 2. The van der Waals surface area contributed by atoms with E-state index in [0.29, 0.717) is 13.2 Å². The van der Waals surface area contributed by atoms with Crippen molar-refractivity contribution in [2.45, 2.75) is 33.1 Å². The Labute approximate surface area is 196 Å². The highest BCUT2D eigenvalue weighted by molar-refractivity contribution is 5.85. The van der Waals surface area contributed by atoms with Crippen LogP contribution in [-0.2, 0) is 12.8 Å². The zero-order valence-corrected chi connectivity index (χ0v) is 19.8. The largest absolute Gasteiger partial charge is 0.494 e. The molecule has 0 bridgehead atoms. The van der Waals surface area contributed by atoms with Crippen molar-refractivity contribution >= 4 is 21.8 Å². The van der Waals surface area contributed by atoms with Crippen LogP contribution in [0.3, 0.4) is 0 Å². The Bertz CT molecular complexity index is 1060. The smallest absolute Gasteiger partial charge is 0.120 e. The average Bonchev–Trinajstić information content (AvgIpc) is 3.42. The minimum atomic E-state index is 0.692. The number of rotatable bonds is 14. The molecule has 0 fully saturated rings. The second-order valence-electron chi connectivity index (χ2n) is 8.26. The molecule has 0 saturated carbocycles. The molecule has 0 aliphatic carbocycles. The van der Waals surface area contributed by atoms with Gasteiger partial charge < -0.3 is 30.1 Å². The van der Waals surface area contributed by atoms with Crippen molar-refractivity contribution in [3.8, 4) is 11.5 Å². The van der Waals surface area contributed by atoms with Crippen LogP contribution in [0.25, 0.3) is 21.8 Å². The Hall–Kier alpha value is -2.96. The number of aromatic amines is 2. The summed E-state index contributed by atoms with van der Waals surface area (Å²) in [5.41, 5.74) is 5.01. The second-order valence-corrected chi connectivity index (χ2v) is 8.26. The average molecular weight is 449 g/mol. The fraction of sp³-hybridized carbons (Fsp3) is 0.407. The van der Waals surface area contributed by atoms with E-state index < -0.39 is 0 Å². The Morgan fingerprint density at radius 3 is 1.61 bits per heavy atom. The van der Waals surface area contributed by atoms with Crippen LogP contribution in [0, 0.1) is 0 Å². The number of hydrogen-bond donors (Lipinski definition) is 4. The van der Waals surface area contributed by atoms with Gasteiger partial charge >= 0.3 is 0 Å². The molecule has 0 saturated heterocycles. The number of ether oxygens (including phenoxy) is 2. The third kappa shape index (κ3) is 6.09. The summed E-state index contributed by atoms with van der Waals surface area (Å²) >= 11 is 0. The maximum Gasteiger partial charge on any atom is 0.120 e. The van der Waals surface area contributed by atoms with E-state index in [1.807, 2.05) is 26.0 Å². The van der Waals surface area contributed by atoms with Crippen LogP contribution < -0.4 is 20.1 Å². The van der Waals surface area contributed by atoms with Crippen molar-refractivity contribution < 1.29 is 9.47 Å². The lowest BCUT2D eigenvalue weighted by Crippen LogP contribution is -2.24. The van der Waals surface area contributed by atoms with Crippen molar-refractivity contribution in [3.63, 3.8) is 0 Å². The van der Waals surface area contributed by atoms with Gasteiger partial charge in [-0.05, 0) is 107 Å². The minimum Gasteiger partial charge on any atom is -0.494 e. The number of nitrogens with one attached hydrogen (secondary N) is 4. The van der Waals surface area contributed by atoms with E-state index in [4.69, 9.17) is 9.47 Å². The maximum absolute atomic E-state index is 5.64. The molecule has 4 N–H and O–H groups in total. The molecule has 0 spiro atoms. The predicted octanol–water partition coefficient (Wildman–Crippen LogP) is 4.80. The molecule has 0 atom stereocenters. The van der Waals surface area contributed by atoms with E-state index in [9.17, 15) is 0 Å². The first-order chi connectivity index (χ1) is 16.3. The van der Waals surface area contributed by atoms with Gasteiger partial charge in [0, 0.05) is 34.2 Å². The third-order valence-electron chi connectivity index (χ3n) is 5.95. The summed E-state index contributed by atoms with van der Waals surface area (Å²) in [7, 11) is 0. The van der Waals surface area contributed by atoms with E-state index in [0.717, 1.165) is 56.9 Å². The molecular weight excluding hydrogens is 412 g/mol. The fourth-order valence-electron chi connectivity index (χ4n) is 4.28. The summed E-state index contributed by atoms with van der Waals surface area (Å²) in [6.07, 6.45) is 7.36. The summed E-state index contributed by atoms with van der Waals surface area (Å²) in [5.74, 6) is 1.87. The first-order valence-electron chi connectivity index (χ1n) is 12.2. The van der Waals surface area contributed by atoms with E-state index in [1.54, 1.807) is 0 Å². The molecule has 0 unspecified atom stereocenters. The second kappa shape index (κ2) is 11.8. The van der Waals surface area contributed by atoms with Gasteiger partial charge in [-0.15, -0.1) is 0 Å². The first-order valence-corrected chi connectivity index (χ1v) is 12.2. The molecule has 6 heteroatoms. The van der Waals surface area contributed by atoms with Gasteiger partial charge in [-0.1, -0.05) is 0 Å². The normalized spacial score (nSPS) is 11.5. The van der Waals surface area contributed by atoms with Gasteiger partial charge in [-0.3, -0.25) is 0 Å². The number of benzene rings is 2. The molecule has 2 heterocycles. The summed E-state index contributed by atoms with van der Waals surface area (Å²) in [6.45, 7) is 9.40. The number of H-pyrrole nitrogens is 2. The Morgan fingerprint density at radius 2 is 1.15 bits per heavy atom. The van der Waals surface area contributed by atoms with Crippen molar-refractivity contribution in [2.24, 2.45) is 0 Å². The monoisotopic (exact) mass is 448 g/mol. The Morgan fingerprint density at radius 1 is 0.667 bits per heavy atom. The quantitative estimate of drug-likeness (QED) is 0.209. The molecule has 4 rings (SSSR count). The topological polar surface area (TPSA) is 74.1 Å². The highest BCUT2D eigenvalue weighted by Crippen LogP contribution is 2.25. The van der Waals surface area contributed by atoms with Gasteiger partial charge in [0.15, 0.2) is 0 Å². The van der Waals surface area contributed by atoms with E-state index >= 15 is 0 Å². The fourth-order valence-corrected chi connectivity index (χ4v) is 4.28. The van der Waals surface area contributed by atoms with Gasteiger partial charge in [0.05, 0.1) is 13.2 Å². The van der Waals surface area contributed by atoms with Crippen molar-refractivity contribution in [2.75, 3.05) is 39.4 Å². The summed E-state index contributed by atoms with van der Waals surface area (Å²) < 4.78 is 11.3. The standard InChI is InChI=1S/C27H36N4O2/c1-3-32-22-6-8-26-24(16-22)20(18-30-26)10-14-28-12-5-13-29-15-11-21-19-31-27-9-7-23(33-4-2)17-25(21)27/h6-9,16-19,28-31H,3-5,10-15H2,1-2H3. The van der Waals surface area contributed by atoms with Gasteiger partial charge in [0.25, 0.3) is 0 Å². The molecule has 0 aliphatic heterocycles. The molecular formula is C27H36N4O2. The van der Waals surface area contributed by atoms with Crippen LogP contribution in [-0.4, -0.2) is 49.4 Å². The lowest BCUT2D eigenvalue weighted by atomic mass is 10.1. The lowest BCUT2D eigenvalue weighted by molar-refractivity contribution is 0.340. The van der Waals surface area contributed by atoms with Gasteiger partial charge in [0.1, 0.15) is 11.5 Å². The summed E-state index contributed by atoms with van der Waals surface area (Å²) in [6, 6.07) is 12.5. The van der Waals surface area contributed by atoms with Gasteiger partial charge in [-0.25, -0.2) is 0 Å². The van der Waals surface area contributed by atoms with Crippen molar-refractivity contribution in [3.05, 3.63) is 59.9 Å². The van der Waals surface area contributed by atoms with Crippen LogP contribution >= 0.6 is 0 Å². The summed E-state index contributed by atoms with van der Waals surface area (Å²) in [5, 5.41) is 9.66. The Kier molecular flexibility index (Phi) is 8.28. The van der Waals surface area contributed by atoms with Gasteiger partial charge in [-0.2, -0.15) is 0 Å². The number of hydrogen-bond acceptors (Lipinski definition) is 4. The lowest BCUT2D eigenvalue weighted by Gasteiger charge is -2.07. The highest BCUT2D eigenvalue weighted by atomic mass is 16.5. The molecule has 6 nitrogen and oxygen atoms in total. The van der Waals surface area contributed by atoms with Crippen molar-refractivity contribution in [1.29, 1.82) is 0 Å². The molecule has 2 aromatic heterocycles. The minimum absolute atomic E-state index is 0.692. The van der Waals surface area contributed by atoms with Crippen LogP contribution in [0.4, 0.5) is 0 Å². The zero-order chi connectivity index (χ0) is 22.9. The Balaban J connectivity index is 1.12. The molecule has 2 aromatic carbocycles. The van der Waals surface area contributed by atoms with Crippen LogP contribution in [0.15, 0.2) is 48.8 Å². The third-order valence-corrected chi connectivity index (χ3v) is 5.95. The molecule has 33 heavy (non-hydrogen) atoms. The molecule has 0 amide bonds. The zero-order valence-electron chi connectivity index (χ0n) is 19.8. The van der Waals surface area contributed by atoms with Crippen molar-refractivity contribution in [1.82, 2.24) is 20.6 Å². The molecule has 0 radical (unpaired) electrons. The SMILES string of the molecule is CCOc1ccc2[nH]cc(CCNCCCNCCc3c[nH]c4ccc(OCC)cc34)c2c1. The first kappa shape index (κ1) is 23.2.